The number of anilines is 7. The summed E-state index contributed by atoms with van der Waals surface area (Å²) < 4.78 is 86.9. The molecule has 1 saturated heterocycles. The molecule has 6 aromatic heterocycles. The third-order valence-corrected chi connectivity index (χ3v) is 15.1. The monoisotopic (exact) mass is 1010 g/mol. The molecule has 0 bridgehead atoms. The number of alkyl halides is 2. The number of pyridine rings is 3. The first-order chi connectivity index (χ1) is 33.4. The Balaban J connectivity index is 0.849. The second kappa shape index (κ2) is 17.8. The van der Waals surface area contributed by atoms with Crippen molar-refractivity contribution in [1.29, 1.82) is 5.26 Å². The van der Waals surface area contributed by atoms with Gasteiger partial charge in [0.05, 0.1) is 56.0 Å². The predicted molar refractivity (Wildman–Crippen MR) is 258 cm³/mol. The summed E-state index contributed by atoms with van der Waals surface area (Å²) >= 11 is 1.42. The molecule has 358 valence electrons. The highest BCUT2D eigenvalue weighted by Crippen LogP contribution is 2.51. The van der Waals surface area contributed by atoms with Crippen molar-refractivity contribution < 1.29 is 35.1 Å². The molecular weight excluding hydrogens is 965 g/mol. The van der Waals surface area contributed by atoms with E-state index in [0.29, 0.717) is 76.3 Å². The summed E-state index contributed by atoms with van der Waals surface area (Å²) in [4.78, 5) is 45.7. The maximum absolute atomic E-state index is 13.9. The Bertz CT molecular complexity index is 3690. The molecule has 6 N–H and O–H groups in total. The molecule has 1 aliphatic carbocycles. The van der Waals surface area contributed by atoms with Crippen molar-refractivity contribution in [2.45, 2.75) is 49.0 Å². The van der Waals surface area contributed by atoms with Crippen LogP contribution in [0.25, 0.3) is 33.6 Å². The van der Waals surface area contributed by atoms with Crippen molar-refractivity contribution in [2.24, 2.45) is 17.8 Å². The van der Waals surface area contributed by atoms with Gasteiger partial charge in [0.1, 0.15) is 46.1 Å². The zero-order chi connectivity index (χ0) is 49.2. The number of carbonyl (C=O) groups excluding carboxylic acids is 1. The van der Waals surface area contributed by atoms with Crippen LogP contribution >= 0.6 is 11.3 Å². The first kappa shape index (κ1) is 46.3. The summed E-state index contributed by atoms with van der Waals surface area (Å²) in [5, 5.41) is 24.2. The summed E-state index contributed by atoms with van der Waals surface area (Å²) in [6.07, 6.45) is -0.186. The summed E-state index contributed by atoms with van der Waals surface area (Å²) in [6, 6.07) is 19.8. The zero-order valence-corrected chi connectivity index (χ0v) is 39.9. The number of ether oxygens (including phenoxy) is 1. The Morgan fingerprint density at radius 2 is 1.47 bits per heavy atom. The van der Waals surface area contributed by atoms with E-state index in [1.165, 1.54) is 23.5 Å². The van der Waals surface area contributed by atoms with Gasteiger partial charge in [0, 0.05) is 41.5 Å². The fourth-order valence-electron chi connectivity index (χ4n) is 8.70. The van der Waals surface area contributed by atoms with E-state index < -0.39 is 43.9 Å². The van der Waals surface area contributed by atoms with Crippen LogP contribution in [0.5, 0.6) is 0 Å². The number of aromatic nitrogens is 8. The molecule has 8 aromatic rings. The second-order valence-electron chi connectivity index (χ2n) is 17.2. The lowest BCUT2D eigenvalue weighted by atomic mass is 9.95. The Kier molecular flexibility index (Phi) is 11.8. The number of thiazole rings is 1. The van der Waals surface area contributed by atoms with Gasteiger partial charge < -0.3 is 36.0 Å². The summed E-state index contributed by atoms with van der Waals surface area (Å²) in [7, 11) is -7.62. The van der Waals surface area contributed by atoms with Gasteiger partial charge >= 0.3 is 0 Å². The number of imidazole rings is 2. The topological polar surface area (TPSA) is 275 Å². The van der Waals surface area contributed by atoms with Gasteiger partial charge in [-0.05, 0) is 80.5 Å². The fraction of sp³-hybridized carbons (Fsp3) is 0.261. The smallest absolute Gasteiger partial charge is 0.295 e. The third kappa shape index (κ3) is 9.47. The number of nitrogens with zero attached hydrogens (tertiary/aromatic N) is 7. The number of H-pyrrole nitrogens is 2. The Morgan fingerprint density at radius 1 is 0.786 bits per heavy atom. The summed E-state index contributed by atoms with van der Waals surface area (Å²) in [5.74, 6) is -0.178. The molecule has 1 saturated carbocycles. The predicted octanol–water partition coefficient (Wildman–Crippen LogP) is 8.56. The fourth-order valence-corrected chi connectivity index (χ4v) is 11.0. The lowest BCUT2D eigenvalue weighted by molar-refractivity contribution is -0.117. The quantitative estimate of drug-likeness (QED) is 0.0595. The molecule has 7 heterocycles. The SMILES string of the molecule is Cc1nc2c(Nc3ccc(C4CC(C5CC5C(=O)Nc5cc(Nc6ccc(-c7csc(C)n7)cc6S(C)(=O)=O)c6nc(C(F)F)[nH]c6n5)CO4)cc3S(C)(=O)=O)cc(Nc3cccc(C#N)n3)nc2[nH]1. The maximum atomic E-state index is 13.9. The highest BCUT2D eigenvalue weighted by atomic mass is 32.2. The molecule has 24 heteroatoms. The van der Waals surface area contributed by atoms with Crippen LogP contribution in [0.3, 0.4) is 0 Å². The minimum Gasteiger partial charge on any atom is -0.373 e. The highest BCUT2D eigenvalue weighted by Gasteiger charge is 2.50. The molecule has 1 amide bonds. The molecule has 2 aliphatic rings. The first-order valence-electron chi connectivity index (χ1n) is 21.6. The van der Waals surface area contributed by atoms with Gasteiger partial charge in [-0.1, -0.05) is 18.2 Å². The number of aromatic amines is 2. The standard InChI is InChI=1S/C46H41F2N13O6S3/c1-21-50-40-31(16-38(57-43(40)51-21)56-37-7-5-6-26(18-49)53-37)54-30-11-9-24(14-36(30)70(4,65)66)34-12-25(19-67-34)27-15-28(27)46(62)59-39-17-32(41-44(58-39)61-45(60-41)42(47)48)55-29-10-8-23(13-35(29)69(3,63)64)33-20-68-22(2)52-33/h5-11,13-14,16-17,20,25,27-28,34,42H,12,15,19H2,1-4H3,(H3,50,51,53,54,56,57)(H3,55,58,59,60,61,62). The van der Waals surface area contributed by atoms with Crippen molar-refractivity contribution in [1.82, 2.24) is 39.9 Å². The van der Waals surface area contributed by atoms with E-state index >= 15 is 0 Å². The van der Waals surface area contributed by atoms with E-state index in [-0.39, 0.29) is 61.6 Å². The van der Waals surface area contributed by atoms with Crippen LogP contribution in [0.4, 0.5) is 49.0 Å². The van der Waals surface area contributed by atoms with Crippen molar-refractivity contribution in [3.05, 3.63) is 100 Å². The first-order valence-corrected chi connectivity index (χ1v) is 26.3. The van der Waals surface area contributed by atoms with Crippen molar-refractivity contribution in [2.75, 3.05) is 40.4 Å². The maximum Gasteiger partial charge on any atom is 0.295 e. The van der Waals surface area contributed by atoms with Crippen LogP contribution in [-0.4, -0.2) is 81.7 Å². The molecular formula is C46H41F2N13O6S3. The zero-order valence-electron chi connectivity index (χ0n) is 37.5. The van der Waals surface area contributed by atoms with Crippen LogP contribution < -0.4 is 21.3 Å². The number of benzene rings is 2. The molecule has 2 aromatic carbocycles. The highest BCUT2D eigenvalue weighted by molar-refractivity contribution is 7.91. The van der Waals surface area contributed by atoms with Gasteiger partial charge in [-0.3, -0.25) is 4.79 Å². The minimum absolute atomic E-state index is 0.00957. The number of hydrogen-bond donors (Lipinski definition) is 6. The number of aryl methyl sites for hydroxylation is 2. The average Bonchev–Trinajstić information content (AvgIpc) is 3.71. The van der Waals surface area contributed by atoms with E-state index in [9.17, 15) is 35.7 Å². The molecule has 4 atom stereocenters. The minimum atomic E-state index is -3.82. The van der Waals surface area contributed by atoms with Gasteiger partial charge in [-0.25, -0.2) is 55.5 Å². The molecule has 0 radical (unpaired) electrons. The lowest BCUT2D eigenvalue weighted by Crippen LogP contribution is -2.18. The number of amides is 1. The molecule has 2 fully saturated rings. The molecule has 0 spiro atoms. The van der Waals surface area contributed by atoms with Crippen molar-refractivity contribution >= 4 is 99.4 Å². The Hall–Kier alpha value is -7.46. The van der Waals surface area contributed by atoms with Crippen LogP contribution in [-0.2, 0) is 29.2 Å². The largest absolute Gasteiger partial charge is 0.373 e. The number of carbonyl (C=O) groups is 1. The molecule has 10 rings (SSSR count). The van der Waals surface area contributed by atoms with E-state index in [2.05, 4.69) is 61.1 Å². The number of nitrogens with one attached hydrogen (secondary N) is 6. The Labute approximate surface area is 402 Å². The van der Waals surface area contributed by atoms with Gasteiger partial charge in [0.2, 0.25) is 5.91 Å². The van der Waals surface area contributed by atoms with Gasteiger partial charge in [0.25, 0.3) is 6.43 Å². The van der Waals surface area contributed by atoms with Crippen LogP contribution in [0.1, 0.15) is 53.3 Å². The van der Waals surface area contributed by atoms with Crippen molar-refractivity contribution in [3.63, 3.8) is 0 Å². The number of halogens is 2. The summed E-state index contributed by atoms with van der Waals surface area (Å²) in [6.45, 7) is 3.94. The number of rotatable bonds is 14. The number of hydrogen-bond acceptors (Lipinski definition) is 17. The number of sulfone groups is 2. The van der Waals surface area contributed by atoms with E-state index in [4.69, 9.17) is 4.74 Å². The normalized spacial score (nSPS) is 18.0. The van der Waals surface area contributed by atoms with Gasteiger partial charge in [-0.2, -0.15) is 5.26 Å². The van der Waals surface area contributed by atoms with E-state index in [1.54, 1.807) is 61.5 Å². The molecule has 19 nitrogen and oxygen atoms in total. The third-order valence-electron chi connectivity index (χ3n) is 12.0. The molecule has 4 unspecified atom stereocenters. The van der Waals surface area contributed by atoms with Crippen molar-refractivity contribution in [3.8, 4) is 17.3 Å². The van der Waals surface area contributed by atoms with Gasteiger partial charge in [-0.15, -0.1) is 11.3 Å². The van der Waals surface area contributed by atoms with E-state index in [1.807, 2.05) is 18.4 Å². The molecule has 70 heavy (non-hydrogen) atoms. The van der Waals surface area contributed by atoms with Crippen LogP contribution in [0, 0.1) is 42.9 Å². The van der Waals surface area contributed by atoms with Gasteiger partial charge in [0.15, 0.2) is 36.8 Å². The number of fused-ring (bicyclic) bond motifs is 2. The van der Waals surface area contributed by atoms with E-state index in [0.717, 1.165) is 17.5 Å². The second-order valence-corrected chi connectivity index (χ2v) is 22.3. The molecule has 1 aliphatic heterocycles. The Morgan fingerprint density at radius 3 is 2.17 bits per heavy atom. The summed E-state index contributed by atoms with van der Waals surface area (Å²) in [5.41, 5.74) is 3.92. The van der Waals surface area contributed by atoms with Crippen LogP contribution in [0.2, 0.25) is 0 Å². The number of nitriles is 1. The van der Waals surface area contributed by atoms with Crippen LogP contribution in [0.15, 0.2) is 81.9 Å². The average molecular weight is 1010 g/mol. The lowest BCUT2D eigenvalue weighted by Gasteiger charge is -2.16.